The van der Waals surface area contributed by atoms with Gasteiger partial charge in [-0.15, -0.1) is 0 Å². The molecule has 0 heterocycles. The maximum Gasteiger partial charge on any atom is 0.0726 e. The van der Waals surface area contributed by atoms with Crippen molar-refractivity contribution in [1.29, 1.82) is 0 Å². The van der Waals surface area contributed by atoms with Crippen LogP contribution in [-0.2, 0) is 5.41 Å². The van der Waals surface area contributed by atoms with E-state index in [2.05, 4.69) is 217 Å². The van der Waals surface area contributed by atoms with Crippen LogP contribution in [0.15, 0.2) is 212 Å². The van der Waals surface area contributed by atoms with Crippen molar-refractivity contribution in [3.63, 3.8) is 0 Å². The molecule has 9 aromatic carbocycles. The van der Waals surface area contributed by atoms with Gasteiger partial charge in [-0.05, 0) is 109 Å². The van der Waals surface area contributed by atoms with Gasteiger partial charge in [-0.25, -0.2) is 0 Å². The van der Waals surface area contributed by atoms with Crippen molar-refractivity contribution >= 4 is 27.8 Å². The van der Waals surface area contributed by atoms with E-state index in [4.69, 9.17) is 0 Å². The Morgan fingerprint density at radius 3 is 1.46 bits per heavy atom. The summed E-state index contributed by atoms with van der Waals surface area (Å²) in [6, 6.07) is 78.2. The average Bonchev–Trinajstić information content (AvgIpc) is 3.72. The lowest BCUT2D eigenvalue weighted by Crippen LogP contribution is -2.26. The number of benzene rings is 9. The molecule has 252 valence electrons. The Bertz CT molecular complexity index is 2820. The number of hydrogen-bond acceptors (Lipinski definition) is 1. The van der Waals surface area contributed by atoms with Crippen LogP contribution in [0.25, 0.3) is 55.3 Å². The molecule has 1 heteroatoms. The maximum absolute atomic E-state index is 2.48. The summed E-state index contributed by atoms with van der Waals surface area (Å²) < 4.78 is 0. The maximum atomic E-state index is 2.48. The van der Waals surface area contributed by atoms with Gasteiger partial charge in [-0.2, -0.15) is 0 Å². The minimum atomic E-state index is -0.417. The Labute approximate surface area is 316 Å². The van der Waals surface area contributed by atoms with E-state index in [0.717, 1.165) is 17.1 Å². The highest BCUT2D eigenvalue weighted by molar-refractivity contribution is 6.08. The fraction of sp³-hybridized carbons (Fsp3) is 0.0189. The minimum Gasteiger partial charge on any atom is -0.310 e. The first kappa shape index (κ1) is 30.6. The summed E-state index contributed by atoms with van der Waals surface area (Å²) in [7, 11) is 0. The molecule has 0 aliphatic heterocycles. The van der Waals surface area contributed by atoms with E-state index in [-0.39, 0.29) is 0 Å². The predicted molar refractivity (Wildman–Crippen MR) is 226 cm³/mol. The van der Waals surface area contributed by atoms with Gasteiger partial charge in [0.2, 0.25) is 0 Å². The van der Waals surface area contributed by atoms with Gasteiger partial charge in [0.15, 0.2) is 0 Å². The van der Waals surface area contributed by atoms with Crippen molar-refractivity contribution in [2.45, 2.75) is 5.41 Å². The standard InChI is InChI=1S/C53H35N/c1-3-16-36(17-4-1)38-20-13-21-39(34-38)42-27-14-18-37-19-15-31-51(52(37)42)54(40-22-5-2-6-23-40)41-32-33-46-45-26-9-12-30-49(45)53(50(46)35-41)47-28-10-7-24-43(47)44-25-8-11-29-48(44)53/h1-35H. The van der Waals surface area contributed by atoms with Gasteiger partial charge in [0, 0.05) is 16.8 Å². The van der Waals surface area contributed by atoms with Crippen LogP contribution in [0, 0.1) is 0 Å². The second kappa shape index (κ2) is 12.0. The summed E-state index contributed by atoms with van der Waals surface area (Å²) in [5, 5.41) is 2.43. The molecule has 9 aromatic rings. The number of nitrogens with zero attached hydrogens (tertiary/aromatic N) is 1. The van der Waals surface area contributed by atoms with Gasteiger partial charge >= 0.3 is 0 Å². The fourth-order valence-electron chi connectivity index (χ4n) is 9.47. The monoisotopic (exact) mass is 685 g/mol. The molecule has 0 unspecified atom stereocenters. The van der Waals surface area contributed by atoms with Crippen LogP contribution >= 0.6 is 0 Å². The summed E-state index contributed by atoms with van der Waals surface area (Å²) in [6.45, 7) is 0. The molecule has 0 radical (unpaired) electrons. The lowest BCUT2D eigenvalue weighted by atomic mass is 9.70. The summed E-state index contributed by atoms with van der Waals surface area (Å²) >= 11 is 0. The van der Waals surface area contributed by atoms with Crippen LogP contribution < -0.4 is 4.90 Å². The van der Waals surface area contributed by atoms with Crippen molar-refractivity contribution in [3.8, 4) is 44.5 Å². The highest BCUT2D eigenvalue weighted by atomic mass is 15.1. The SMILES string of the molecule is c1ccc(-c2cccc(-c3cccc4cccc(N(c5ccccc5)c5ccc6c(c5)C5(c7ccccc7-c7ccccc75)c5ccccc5-6)c34)c2)cc1. The first-order chi connectivity index (χ1) is 26.8. The summed E-state index contributed by atoms with van der Waals surface area (Å²) in [5.41, 5.74) is 18.5. The molecule has 0 N–H and O–H groups in total. The normalized spacial score (nSPS) is 13.0. The molecule has 0 bridgehead atoms. The molecule has 54 heavy (non-hydrogen) atoms. The highest BCUT2D eigenvalue weighted by Gasteiger charge is 2.51. The zero-order valence-corrected chi connectivity index (χ0v) is 29.7. The van der Waals surface area contributed by atoms with Crippen LogP contribution in [-0.4, -0.2) is 0 Å². The molecule has 0 fully saturated rings. The number of rotatable bonds is 5. The van der Waals surface area contributed by atoms with E-state index >= 15 is 0 Å². The quantitative estimate of drug-likeness (QED) is 0.174. The zero-order chi connectivity index (χ0) is 35.6. The van der Waals surface area contributed by atoms with E-state index in [1.807, 2.05) is 0 Å². The van der Waals surface area contributed by atoms with E-state index in [0.29, 0.717) is 0 Å². The van der Waals surface area contributed by atoms with Crippen molar-refractivity contribution in [2.24, 2.45) is 0 Å². The van der Waals surface area contributed by atoms with Gasteiger partial charge < -0.3 is 4.90 Å². The third kappa shape index (κ3) is 4.39. The van der Waals surface area contributed by atoms with Crippen molar-refractivity contribution in [2.75, 3.05) is 4.90 Å². The van der Waals surface area contributed by atoms with Crippen LogP contribution in [0.2, 0.25) is 0 Å². The summed E-state index contributed by atoms with van der Waals surface area (Å²) in [5.74, 6) is 0. The summed E-state index contributed by atoms with van der Waals surface area (Å²) in [4.78, 5) is 2.47. The molecule has 0 atom stereocenters. The summed E-state index contributed by atoms with van der Waals surface area (Å²) in [6.07, 6.45) is 0. The molecule has 0 aromatic heterocycles. The number of hydrogen-bond donors (Lipinski definition) is 0. The molecule has 2 aliphatic carbocycles. The van der Waals surface area contributed by atoms with Crippen LogP contribution in [0.4, 0.5) is 17.1 Å². The van der Waals surface area contributed by atoms with Gasteiger partial charge in [0.05, 0.1) is 11.1 Å². The number of fused-ring (bicyclic) bond motifs is 11. The molecular formula is C53H35N. The Kier molecular flexibility index (Phi) is 6.84. The van der Waals surface area contributed by atoms with Gasteiger partial charge in [0.25, 0.3) is 0 Å². The molecule has 0 amide bonds. The van der Waals surface area contributed by atoms with Gasteiger partial charge in [-0.3, -0.25) is 0 Å². The molecular weight excluding hydrogens is 651 g/mol. The predicted octanol–water partition coefficient (Wildman–Crippen LogP) is 14.0. The topological polar surface area (TPSA) is 3.24 Å². The lowest BCUT2D eigenvalue weighted by molar-refractivity contribution is 0.793. The lowest BCUT2D eigenvalue weighted by Gasteiger charge is -2.32. The third-order valence-electron chi connectivity index (χ3n) is 11.7. The molecule has 2 aliphatic rings. The minimum absolute atomic E-state index is 0.417. The first-order valence-electron chi connectivity index (χ1n) is 18.8. The number of anilines is 3. The van der Waals surface area contributed by atoms with Crippen molar-refractivity contribution < 1.29 is 0 Å². The van der Waals surface area contributed by atoms with E-state index in [1.165, 1.54) is 77.5 Å². The first-order valence-corrected chi connectivity index (χ1v) is 18.8. The smallest absolute Gasteiger partial charge is 0.0726 e. The van der Waals surface area contributed by atoms with Gasteiger partial charge in [0.1, 0.15) is 0 Å². The number of para-hydroxylation sites is 1. The molecule has 11 rings (SSSR count). The zero-order valence-electron chi connectivity index (χ0n) is 29.7. The van der Waals surface area contributed by atoms with E-state index in [1.54, 1.807) is 0 Å². The molecule has 0 saturated heterocycles. The Hall–Kier alpha value is -6.96. The van der Waals surface area contributed by atoms with E-state index in [9.17, 15) is 0 Å². The van der Waals surface area contributed by atoms with Gasteiger partial charge in [-0.1, -0.05) is 176 Å². The van der Waals surface area contributed by atoms with E-state index < -0.39 is 5.41 Å². The Morgan fingerprint density at radius 2 is 0.796 bits per heavy atom. The second-order valence-electron chi connectivity index (χ2n) is 14.4. The van der Waals surface area contributed by atoms with Crippen LogP contribution in [0.3, 0.4) is 0 Å². The van der Waals surface area contributed by atoms with Crippen LogP contribution in [0.1, 0.15) is 22.3 Å². The molecule has 0 saturated carbocycles. The van der Waals surface area contributed by atoms with Crippen LogP contribution in [0.5, 0.6) is 0 Å². The largest absolute Gasteiger partial charge is 0.310 e. The Balaban J connectivity index is 1.17. The average molecular weight is 686 g/mol. The van der Waals surface area contributed by atoms with Crippen molar-refractivity contribution in [3.05, 3.63) is 235 Å². The third-order valence-corrected chi connectivity index (χ3v) is 11.7. The van der Waals surface area contributed by atoms with Crippen molar-refractivity contribution in [1.82, 2.24) is 0 Å². The molecule has 1 nitrogen and oxygen atoms in total. The Morgan fingerprint density at radius 1 is 0.296 bits per heavy atom. The second-order valence-corrected chi connectivity index (χ2v) is 14.4. The molecule has 1 spiro atoms. The fourth-order valence-corrected chi connectivity index (χ4v) is 9.47. The highest BCUT2D eigenvalue weighted by Crippen LogP contribution is 2.63.